The van der Waals surface area contributed by atoms with Gasteiger partial charge in [-0.1, -0.05) is 41.4 Å². The van der Waals surface area contributed by atoms with E-state index in [1.807, 2.05) is 48.7 Å². The van der Waals surface area contributed by atoms with Gasteiger partial charge in [-0.05, 0) is 48.7 Å². The summed E-state index contributed by atoms with van der Waals surface area (Å²) in [6.07, 6.45) is 0.528. The van der Waals surface area contributed by atoms with E-state index in [0.717, 1.165) is 32.8 Å². The minimum absolute atomic E-state index is 0.278. The fraction of sp³-hybridized carbons (Fsp3) is 0.160. The number of hydrogen-bond donors (Lipinski definition) is 0. The molecule has 8 heteroatoms. The van der Waals surface area contributed by atoms with Gasteiger partial charge >= 0.3 is 0 Å². The molecule has 1 aliphatic heterocycles. The molecule has 33 heavy (non-hydrogen) atoms. The Morgan fingerprint density at radius 1 is 1.15 bits per heavy atom. The molecule has 0 saturated carbocycles. The molecule has 1 unspecified atom stereocenters. The normalized spacial score (nSPS) is 15.7. The summed E-state index contributed by atoms with van der Waals surface area (Å²) < 4.78 is 5.58. The zero-order valence-corrected chi connectivity index (χ0v) is 20.0. The quantitative estimate of drug-likeness (QED) is 0.280. The summed E-state index contributed by atoms with van der Waals surface area (Å²) in [5.74, 6) is 0.459. The number of pyridine rings is 1. The highest BCUT2D eigenvalue weighted by Gasteiger charge is 2.36. The molecule has 2 aromatic heterocycles. The van der Waals surface area contributed by atoms with E-state index < -0.39 is 6.04 Å². The summed E-state index contributed by atoms with van der Waals surface area (Å²) in [6.45, 7) is 2.50. The number of carbonyl (C=O) groups excluding carboxylic acids is 1. The minimum Gasteiger partial charge on any atom is -0.494 e. The van der Waals surface area contributed by atoms with Gasteiger partial charge in [0.05, 0.1) is 39.3 Å². The van der Waals surface area contributed by atoms with E-state index in [2.05, 4.69) is 4.98 Å². The van der Waals surface area contributed by atoms with Crippen LogP contribution in [0, 0.1) is 0 Å². The molecule has 0 aliphatic carbocycles. The number of thiophene rings is 1. The highest BCUT2D eigenvalue weighted by atomic mass is 35.5. The first kappa shape index (κ1) is 21.9. The Hall–Kier alpha value is -2.93. The average Bonchev–Trinajstić information content (AvgIpc) is 3.49. The van der Waals surface area contributed by atoms with E-state index in [9.17, 15) is 4.79 Å². The van der Waals surface area contributed by atoms with Gasteiger partial charge in [0.2, 0.25) is 0 Å². The molecule has 5 nitrogen and oxygen atoms in total. The van der Waals surface area contributed by atoms with Gasteiger partial charge in [0, 0.05) is 23.4 Å². The third-order valence-electron chi connectivity index (χ3n) is 5.47. The van der Waals surface area contributed by atoms with Crippen molar-refractivity contribution in [2.24, 2.45) is 5.10 Å². The first-order valence-corrected chi connectivity index (χ1v) is 12.1. The molecule has 1 amide bonds. The maximum absolute atomic E-state index is 13.5. The SMILES string of the molecule is CCOc1ccc2cc(C3CC(c4cccs4)=NN3C(=O)c3ccccc3Cl)c(Cl)nc2c1. The van der Waals surface area contributed by atoms with Crippen molar-refractivity contribution >= 4 is 57.1 Å². The molecule has 1 atom stereocenters. The number of aromatic nitrogens is 1. The molecule has 166 valence electrons. The molecule has 5 rings (SSSR count). The van der Waals surface area contributed by atoms with Crippen LogP contribution in [-0.4, -0.2) is 28.2 Å². The molecular formula is C25H19Cl2N3O2S. The Balaban J connectivity index is 1.58. The monoisotopic (exact) mass is 495 g/mol. The molecule has 3 heterocycles. The van der Waals surface area contributed by atoms with E-state index in [1.54, 1.807) is 35.6 Å². The van der Waals surface area contributed by atoms with E-state index in [4.69, 9.17) is 33.0 Å². The van der Waals surface area contributed by atoms with Crippen molar-refractivity contribution in [1.29, 1.82) is 0 Å². The summed E-state index contributed by atoms with van der Waals surface area (Å²) >= 11 is 14.6. The van der Waals surface area contributed by atoms with Crippen molar-refractivity contribution in [1.82, 2.24) is 9.99 Å². The van der Waals surface area contributed by atoms with Crippen LogP contribution in [0.1, 0.15) is 40.2 Å². The van der Waals surface area contributed by atoms with Crippen molar-refractivity contribution in [2.75, 3.05) is 6.61 Å². The Morgan fingerprint density at radius 2 is 2.00 bits per heavy atom. The topological polar surface area (TPSA) is 54.8 Å². The molecule has 0 radical (unpaired) electrons. The van der Waals surface area contributed by atoms with Gasteiger partial charge in [-0.3, -0.25) is 4.79 Å². The largest absolute Gasteiger partial charge is 0.494 e. The third kappa shape index (κ3) is 4.22. The van der Waals surface area contributed by atoms with E-state index in [0.29, 0.717) is 28.8 Å². The molecule has 1 aliphatic rings. The van der Waals surface area contributed by atoms with Crippen molar-refractivity contribution in [2.45, 2.75) is 19.4 Å². The molecule has 0 saturated heterocycles. The lowest BCUT2D eigenvalue weighted by atomic mass is 10.0. The zero-order valence-electron chi connectivity index (χ0n) is 17.7. The first-order valence-electron chi connectivity index (χ1n) is 10.5. The number of fused-ring (bicyclic) bond motifs is 1. The fourth-order valence-corrected chi connectivity index (χ4v) is 5.13. The number of rotatable bonds is 5. The molecule has 0 fully saturated rings. The number of ether oxygens (including phenoxy) is 1. The van der Waals surface area contributed by atoms with Gasteiger partial charge in [0.25, 0.3) is 5.91 Å². The maximum atomic E-state index is 13.5. The van der Waals surface area contributed by atoms with Gasteiger partial charge in [-0.2, -0.15) is 5.10 Å². The number of nitrogens with zero attached hydrogens (tertiary/aromatic N) is 3. The van der Waals surface area contributed by atoms with Crippen LogP contribution in [0.2, 0.25) is 10.2 Å². The highest BCUT2D eigenvalue weighted by Crippen LogP contribution is 2.39. The Morgan fingerprint density at radius 3 is 2.76 bits per heavy atom. The molecule has 0 spiro atoms. The summed E-state index contributed by atoms with van der Waals surface area (Å²) in [4.78, 5) is 19.1. The highest BCUT2D eigenvalue weighted by molar-refractivity contribution is 7.12. The molecular weight excluding hydrogens is 477 g/mol. The Bertz CT molecular complexity index is 1370. The lowest BCUT2D eigenvalue weighted by molar-refractivity contribution is 0.0711. The molecule has 0 bridgehead atoms. The van der Waals surface area contributed by atoms with Crippen LogP contribution in [0.3, 0.4) is 0 Å². The number of halogens is 2. The Labute approximate surface area is 205 Å². The number of amides is 1. The number of carbonyl (C=O) groups is 1. The van der Waals surface area contributed by atoms with Crippen molar-refractivity contribution in [3.8, 4) is 5.75 Å². The van der Waals surface area contributed by atoms with Crippen LogP contribution in [0.15, 0.2) is 71.1 Å². The summed E-state index contributed by atoms with van der Waals surface area (Å²) in [5, 5.41) is 9.81. The van der Waals surface area contributed by atoms with Gasteiger partial charge in [-0.15, -0.1) is 11.3 Å². The van der Waals surface area contributed by atoms with Crippen LogP contribution >= 0.6 is 34.5 Å². The molecule has 4 aromatic rings. The fourth-order valence-electron chi connectivity index (χ4n) is 3.92. The second kappa shape index (κ2) is 9.14. The van der Waals surface area contributed by atoms with Crippen molar-refractivity contribution < 1.29 is 9.53 Å². The summed E-state index contributed by atoms with van der Waals surface area (Å²) in [6, 6.07) is 18.2. The third-order valence-corrected chi connectivity index (χ3v) is 7.02. The van der Waals surface area contributed by atoms with Crippen LogP contribution in [0.5, 0.6) is 5.75 Å². The lowest BCUT2D eigenvalue weighted by Gasteiger charge is -2.23. The predicted molar refractivity (Wildman–Crippen MR) is 134 cm³/mol. The van der Waals surface area contributed by atoms with Gasteiger partial charge < -0.3 is 4.74 Å². The van der Waals surface area contributed by atoms with Crippen LogP contribution in [0.25, 0.3) is 10.9 Å². The molecule has 2 aromatic carbocycles. The average molecular weight is 496 g/mol. The molecule has 0 N–H and O–H groups in total. The first-order chi connectivity index (χ1) is 16.0. The predicted octanol–water partition coefficient (Wildman–Crippen LogP) is 6.99. The van der Waals surface area contributed by atoms with Gasteiger partial charge in [0.15, 0.2) is 0 Å². The van der Waals surface area contributed by atoms with Crippen LogP contribution < -0.4 is 4.74 Å². The van der Waals surface area contributed by atoms with E-state index in [1.165, 1.54) is 5.01 Å². The standard InChI is InChI=1S/C25H19Cl2N3O2S/c1-2-32-16-10-9-15-12-18(24(27)28-20(15)13-16)22-14-21(23-8-5-11-33-23)29-30(22)25(31)17-6-3-4-7-19(17)26/h3-13,22H,2,14H2,1H3. The summed E-state index contributed by atoms with van der Waals surface area (Å²) in [5.41, 5.74) is 2.70. The van der Waals surface area contributed by atoms with Crippen molar-refractivity contribution in [3.63, 3.8) is 0 Å². The number of benzene rings is 2. The number of hydrogen-bond acceptors (Lipinski definition) is 5. The van der Waals surface area contributed by atoms with Crippen molar-refractivity contribution in [3.05, 3.63) is 92.2 Å². The maximum Gasteiger partial charge on any atom is 0.276 e. The Kier molecular flexibility index (Phi) is 6.06. The smallest absolute Gasteiger partial charge is 0.276 e. The number of hydrazone groups is 1. The van der Waals surface area contributed by atoms with Crippen LogP contribution in [0.4, 0.5) is 0 Å². The second-order valence-corrected chi connectivity index (χ2v) is 9.24. The zero-order chi connectivity index (χ0) is 22.9. The summed E-state index contributed by atoms with van der Waals surface area (Å²) in [7, 11) is 0. The van der Waals surface area contributed by atoms with E-state index >= 15 is 0 Å². The van der Waals surface area contributed by atoms with Gasteiger partial charge in [-0.25, -0.2) is 9.99 Å². The lowest BCUT2D eigenvalue weighted by Crippen LogP contribution is -2.27. The van der Waals surface area contributed by atoms with Crippen LogP contribution in [-0.2, 0) is 0 Å². The second-order valence-electron chi connectivity index (χ2n) is 7.53. The minimum atomic E-state index is -0.401. The van der Waals surface area contributed by atoms with Gasteiger partial charge in [0.1, 0.15) is 10.9 Å². The van der Waals surface area contributed by atoms with E-state index in [-0.39, 0.29) is 5.91 Å².